The molecule has 0 N–H and O–H groups in total. The van der Waals surface area contributed by atoms with Gasteiger partial charge in [-0.15, -0.1) is 0 Å². The highest BCUT2D eigenvalue weighted by atomic mass is 19.4. The van der Waals surface area contributed by atoms with Crippen LogP contribution in [0.15, 0.2) is 11.7 Å². The molecule has 6 heteroatoms. The summed E-state index contributed by atoms with van der Waals surface area (Å²) >= 11 is 0. The second kappa shape index (κ2) is 2.99. The average molecular weight is 192 g/mol. The molecule has 0 bridgehead atoms. The highest BCUT2D eigenvalue weighted by molar-refractivity contribution is 5.14. The predicted octanol–water partition coefficient (Wildman–Crippen LogP) is 3.45. The Morgan fingerprint density at radius 2 is 1.17 bits per heavy atom. The fourth-order valence-corrected chi connectivity index (χ4v) is 0.385. The van der Waals surface area contributed by atoms with Gasteiger partial charge in [0.2, 0.25) is 5.83 Å². The highest BCUT2D eigenvalue weighted by Crippen LogP contribution is 2.35. The molecule has 12 heavy (non-hydrogen) atoms. The van der Waals surface area contributed by atoms with E-state index in [-0.39, 0.29) is 0 Å². The first-order valence-corrected chi connectivity index (χ1v) is 2.88. The fraction of sp³-hybridized carbons (Fsp3) is 0.667. The molecule has 0 nitrogen and oxygen atoms in total. The van der Waals surface area contributed by atoms with Crippen molar-refractivity contribution >= 4 is 0 Å². The van der Waals surface area contributed by atoms with Gasteiger partial charge >= 0.3 is 6.18 Å². The Labute approximate surface area is 64.9 Å². The summed E-state index contributed by atoms with van der Waals surface area (Å²) < 4.78 is 70.7. The summed E-state index contributed by atoms with van der Waals surface area (Å²) in [5.74, 6) is -5.45. The number of rotatable bonds is 1. The van der Waals surface area contributed by atoms with Gasteiger partial charge in [0.05, 0.1) is 0 Å². The van der Waals surface area contributed by atoms with Gasteiger partial charge in [-0.05, 0) is 13.8 Å². The molecule has 0 fully saturated rings. The zero-order chi connectivity index (χ0) is 10.2. The molecule has 0 radical (unpaired) electrons. The lowest BCUT2D eigenvalue weighted by molar-refractivity contribution is -0.113. The quantitative estimate of drug-likeness (QED) is 0.558. The van der Waals surface area contributed by atoms with Crippen LogP contribution in [0.1, 0.15) is 13.8 Å². The highest BCUT2D eigenvalue weighted by Gasteiger charge is 2.42. The number of hydrogen-bond donors (Lipinski definition) is 0. The molecule has 0 spiro atoms. The Morgan fingerprint density at radius 3 is 1.25 bits per heavy atom. The van der Waals surface area contributed by atoms with Crippen molar-refractivity contribution in [3.63, 3.8) is 0 Å². The number of halogens is 6. The van der Waals surface area contributed by atoms with E-state index in [4.69, 9.17) is 0 Å². The zero-order valence-corrected chi connectivity index (χ0v) is 6.27. The molecule has 0 saturated carbocycles. The summed E-state index contributed by atoms with van der Waals surface area (Å²) in [5.41, 5.74) is -2.94. The molecule has 0 atom stereocenters. The molecule has 0 aliphatic carbocycles. The standard InChI is InChI=1S/C6H6F6/c1-5(2,9)3(7)4(8)6(10,11)12/h1-2H3/b4-3+. The van der Waals surface area contributed by atoms with E-state index in [0.29, 0.717) is 13.8 Å². The molecule has 0 unspecified atom stereocenters. The molecular weight excluding hydrogens is 186 g/mol. The van der Waals surface area contributed by atoms with E-state index in [1.54, 1.807) is 0 Å². The van der Waals surface area contributed by atoms with Crippen molar-refractivity contribution in [2.45, 2.75) is 25.7 Å². The Balaban J connectivity index is 4.96. The van der Waals surface area contributed by atoms with Gasteiger partial charge in [-0.3, -0.25) is 0 Å². The minimum atomic E-state index is -5.46. The molecule has 0 amide bonds. The maximum atomic E-state index is 12.4. The van der Waals surface area contributed by atoms with Gasteiger partial charge in [0.25, 0.3) is 0 Å². The van der Waals surface area contributed by atoms with E-state index < -0.39 is 23.5 Å². The first kappa shape index (κ1) is 11.3. The van der Waals surface area contributed by atoms with E-state index in [1.807, 2.05) is 0 Å². The van der Waals surface area contributed by atoms with Gasteiger partial charge in [0.1, 0.15) is 0 Å². The van der Waals surface area contributed by atoms with Crippen molar-refractivity contribution < 1.29 is 26.3 Å². The van der Waals surface area contributed by atoms with E-state index >= 15 is 0 Å². The molecule has 0 aliphatic rings. The van der Waals surface area contributed by atoms with Crippen LogP contribution in [0.4, 0.5) is 26.3 Å². The normalized spacial score (nSPS) is 16.0. The van der Waals surface area contributed by atoms with Gasteiger partial charge in [0.15, 0.2) is 11.5 Å². The number of hydrogen-bond acceptors (Lipinski definition) is 0. The zero-order valence-electron chi connectivity index (χ0n) is 6.27. The smallest absolute Gasteiger partial charge is 0.237 e. The van der Waals surface area contributed by atoms with Gasteiger partial charge in [-0.25, -0.2) is 8.78 Å². The summed E-state index contributed by atoms with van der Waals surface area (Å²) in [6.45, 7) is 0.987. The summed E-state index contributed by atoms with van der Waals surface area (Å²) in [4.78, 5) is 0. The van der Waals surface area contributed by atoms with E-state index in [9.17, 15) is 26.3 Å². The van der Waals surface area contributed by atoms with Crippen LogP contribution in [0.25, 0.3) is 0 Å². The summed E-state index contributed by atoms with van der Waals surface area (Å²) in [5, 5.41) is 0. The van der Waals surface area contributed by atoms with Crippen LogP contribution in [0.2, 0.25) is 0 Å². The van der Waals surface area contributed by atoms with Crippen LogP contribution >= 0.6 is 0 Å². The molecule has 72 valence electrons. The van der Waals surface area contributed by atoms with Crippen molar-refractivity contribution in [2.75, 3.05) is 0 Å². The maximum Gasteiger partial charge on any atom is 0.445 e. The first-order chi connectivity index (χ1) is 5.07. The SMILES string of the molecule is CC(C)(F)/C(F)=C(\F)C(F)(F)F. The Bertz CT molecular complexity index is 171. The third-order valence-corrected chi connectivity index (χ3v) is 0.964. The van der Waals surface area contributed by atoms with Crippen LogP contribution in [0.3, 0.4) is 0 Å². The molecular formula is C6H6F6. The molecule has 0 aromatic heterocycles. The minimum absolute atomic E-state index is 0.494. The largest absolute Gasteiger partial charge is 0.445 e. The summed E-state index contributed by atoms with van der Waals surface area (Å²) in [7, 11) is 0. The van der Waals surface area contributed by atoms with E-state index in [1.165, 1.54) is 0 Å². The fourth-order valence-electron chi connectivity index (χ4n) is 0.385. The molecule has 0 saturated heterocycles. The van der Waals surface area contributed by atoms with E-state index in [2.05, 4.69) is 0 Å². The van der Waals surface area contributed by atoms with Crippen LogP contribution in [-0.4, -0.2) is 11.8 Å². The molecule has 0 aliphatic heterocycles. The van der Waals surface area contributed by atoms with Crippen LogP contribution in [0.5, 0.6) is 0 Å². The third kappa shape index (κ3) is 2.75. The van der Waals surface area contributed by atoms with Gasteiger partial charge < -0.3 is 0 Å². The third-order valence-electron chi connectivity index (χ3n) is 0.964. The summed E-state index contributed by atoms with van der Waals surface area (Å²) in [6.07, 6.45) is -5.46. The van der Waals surface area contributed by atoms with Gasteiger partial charge in [-0.1, -0.05) is 0 Å². The minimum Gasteiger partial charge on any atom is -0.237 e. The maximum absolute atomic E-state index is 12.4. The Hall–Kier alpha value is -0.680. The van der Waals surface area contributed by atoms with Gasteiger partial charge in [0, 0.05) is 0 Å². The molecule has 0 heterocycles. The lowest BCUT2D eigenvalue weighted by atomic mass is 10.1. The van der Waals surface area contributed by atoms with E-state index in [0.717, 1.165) is 0 Å². The lowest BCUT2D eigenvalue weighted by Crippen LogP contribution is -2.19. The summed E-state index contributed by atoms with van der Waals surface area (Å²) in [6, 6.07) is 0. The van der Waals surface area contributed by atoms with Crippen LogP contribution in [0, 0.1) is 0 Å². The monoisotopic (exact) mass is 192 g/mol. The van der Waals surface area contributed by atoms with Crippen molar-refractivity contribution in [3.05, 3.63) is 11.7 Å². The Kier molecular flexibility index (Phi) is 2.82. The number of allylic oxidation sites excluding steroid dienone is 2. The first-order valence-electron chi connectivity index (χ1n) is 2.88. The lowest BCUT2D eigenvalue weighted by Gasteiger charge is -2.13. The van der Waals surface area contributed by atoms with Crippen LogP contribution < -0.4 is 0 Å². The Morgan fingerprint density at radius 1 is 0.833 bits per heavy atom. The molecule has 0 aromatic rings. The topological polar surface area (TPSA) is 0 Å². The number of alkyl halides is 4. The van der Waals surface area contributed by atoms with Crippen molar-refractivity contribution in [2.24, 2.45) is 0 Å². The second-order valence-corrected chi connectivity index (χ2v) is 2.60. The average Bonchev–Trinajstić information content (AvgIpc) is 1.80. The van der Waals surface area contributed by atoms with Crippen molar-refractivity contribution in [1.29, 1.82) is 0 Å². The second-order valence-electron chi connectivity index (χ2n) is 2.60. The van der Waals surface area contributed by atoms with Crippen molar-refractivity contribution in [1.82, 2.24) is 0 Å². The van der Waals surface area contributed by atoms with Crippen LogP contribution in [-0.2, 0) is 0 Å². The predicted molar refractivity (Wildman–Crippen MR) is 30.5 cm³/mol. The van der Waals surface area contributed by atoms with Gasteiger partial charge in [-0.2, -0.15) is 17.6 Å². The van der Waals surface area contributed by atoms with Crippen molar-refractivity contribution in [3.8, 4) is 0 Å². The molecule has 0 aromatic carbocycles. The molecule has 0 rings (SSSR count).